The molecule has 2 aromatic heterocycles. The predicted octanol–water partition coefficient (Wildman–Crippen LogP) is 2.11. The first-order valence-electron chi connectivity index (χ1n) is 4.78. The number of rotatable bonds is 1. The van der Waals surface area contributed by atoms with E-state index in [1.807, 2.05) is 20.8 Å². The second-order valence-corrected chi connectivity index (χ2v) is 4.25. The summed E-state index contributed by atoms with van der Waals surface area (Å²) in [5.41, 5.74) is 2.22. The van der Waals surface area contributed by atoms with Gasteiger partial charge in [-0.2, -0.15) is 9.61 Å². The highest BCUT2D eigenvalue weighted by Crippen LogP contribution is 2.18. The van der Waals surface area contributed by atoms with Gasteiger partial charge in [-0.15, -0.1) is 0 Å². The average molecular weight is 226 g/mol. The first kappa shape index (κ1) is 10.2. The molecule has 0 saturated carbocycles. The molecule has 15 heavy (non-hydrogen) atoms. The van der Waals surface area contributed by atoms with Crippen LogP contribution in [0.4, 0.5) is 0 Å². The van der Waals surface area contributed by atoms with E-state index in [9.17, 15) is 4.79 Å². The lowest BCUT2D eigenvalue weighted by Gasteiger charge is -2.05. The van der Waals surface area contributed by atoms with Gasteiger partial charge in [0.1, 0.15) is 5.65 Å². The highest BCUT2D eigenvalue weighted by Gasteiger charge is 2.11. The van der Waals surface area contributed by atoms with Gasteiger partial charge in [0.25, 0.3) is 5.56 Å². The average Bonchev–Trinajstić information content (AvgIpc) is 2.45. The fraction of sp³-hybridized carbons (Fsp3) is 0.400. The number of hydrogen-bond acceptors (Lipinski definition) is 2. The fourth-order valence-electron chi connectivity index (χ4n) is 1.45. The maximum Gasteiger partial charge on any atom is 0.274 e. The first-order valence-corrected chi connectivity index (χ1v) is 5.16. The van der Waals surface area contributed by atoms with E-state index >= 15 is 0 Å². The van der Waals surface area contributed by atoms with Crippen LogP contribution in [0.5, 0.6) is 0 Å². The number of aromatic nitrogens is 3. The van der Waals surface area contributed by atoms with Crippen LogP contribution in [0.2, 0.25) is 5.15 Å². The molecular formula is C10H12ClN3O. The molecule has 0 unspecified atom stereocenters. The number of aromatic amines is 1. The SMILES string of the molecule is Cc1c(Cl)nn2c(=O)cc(C(C)C)[nH]c12. The standard InChI is InChI=1S/C10H12ClN3O/c1-5(2)7-4-8(15)14-10(12-7)6(3)9(11)13-14/h4-5,12H,1-3H3. The molecule has 2 rings (SSSR count). The van der Waals surface area contributed by atoms with Gasteiger partial charge in [0.2, 0.25) is 0 Å². The molecule has 0 spiro atoms. The van der Waals surface area contributed by atoms with Crippen molar-refractivity contribution in [3.63, 3.8) is 0 Å². The Morgan fingerprint density at radius 1 is 1.53 bits per heavy atom. The smallest absolute Gasteiger partial charge is 0.274 e. The van der Waals surface area contributed by atoms with Gasteiger partial charge in [0.15, 0.2) is 5.15 Å². The van der Waals surface area contributed by atoms with Gasteiger partial charge in [0.05, 0.1) is 0 Å². The van der Waals surface area contributed by atoms with Crippen LogP contribution in [0, 0.1) is 6.92 Å². The van der Waals surface area contributed by atoms with Crippen molar-refractivity contribution in [2.24, 2.45) is 0 Å². The van der Waals surface area contributed by atoms with Crippen LogP contribution in [0.3, 0.4) is 0 Å². The summed E-state index contributed by atoms with van der Waals surface area (Å²) in [7, 11) is 0. The molecule has 1 N–H and O–H groups in total. The Hall–Kier alpha value is -1.29. The van der Waals surface area contributed by atoms with E-state index in [1.165, 1.54) is 4.52 Å². The summed E-state index contributed by atoms with van der Waals surface area (Å²) in [4.78, 5) is 14.9. The maximum absolute atomic E-state index is 11.7. The van der Waals surface area contributed by atoms with Gasteiger partial charge in [0, 0.05) is 17.3 Å². The van der Waals surface area contributed by atoms with Gasteiger partial charge >= 0.3 is 0 Å². The number of aryl methyl sites for hydroxylation is 1. The van der Waals surface area contributed by atoms with Crippen LogP contribution in [-0.2, 0) is 0 Å². The highest BCUT2D eigenvalue weighted by atomic mass is 35.5. The van der Waals surface area contributed by atoms with Crippen molar-refractivity contribution in [3.8, 4) is 0 Å². The molecule has 0 fully saturated rings. The Morgan fingerprint density at radius 2 is 2.20 bits per heavy atom. The van der Waals surface area contributed by atoms with Crippen LogP contribution in [0.1, 0.15) is 31.0 Å². The van der Waals surface area contributed by atoms with E-state index < -0.39 is 0 Å². The topological polar surface area (TPSA) is 50.2 Å². The molecular weight excluding hydrogens is 214 g/mol. The summed E-state index contributed by atoms with van der Waals surface area (Å²) >= 11 is 5.87. The zero-order chi connectivity index (χ0) is 11.2. The van der Waals surface area contributed by atoms with Crippen molar-refractivity contribution in [2.75, 3.05) is 0 Å². The number of nitrogens with zero attached hydrogens (tertiary/aromatic N) is 2. The number of halogens is 1. The largest absolute Gasteiger partial charge is 0.343 e. The normalized spacial score (nSPS) is 11.5. The van der Waals surface area contributed by atoms with Crippen LogP contribution in [0.25, 0.3) is 5.65 Å². The lowest BCUT2D eigenvalue weighted by Crippen LogP contribution is -2.16. The van der Waals surface area contributed by atoms with E-state index in [1.54, 1.807) is 6.07 Å². The molecule has 0 atom stereocenters. The van der Waals surface area contributed by atoms with Gasteiger partial charge in [-0.05, 0) is 12.8 Å². The summed E-state index contributed by atoms with van der Waals surface area (Å²) in [5, 5.41) is 4.32. The Bertz CT molecular complexity index is 568. The van der Waals surface area contributed by atoms with E-state index in [-0.39, 0.29) is 11.5 Å². The Balaban J connectivity index is 2.86. The molecule has 0 radical (unpaired) electrons. The van der Waals surface area contributed by atoms with E-state index in [4.69, 9.17) is 11.6 Å². The molecule has 4 nitrogen and oxygen atoms in total. The molecule has 80 valence electrons. The van der Waals surface area contributed by atoms with Gasteiger partial charge in [-0.1, -0.05) is 25.4 Å². The third-order valence-electron chi connectivity index (χ3n) is 2.44. The summed E-state index contributed by atoms with van der Waals surface area (Å²) in [6.45, 7) is 5.88. The molecule has 5 heteroatoms. The third-order valence-corrected chi connectivity index (χ3v) is 2.80. The van der Waals surface area contributed by atoms with Gasteiger partial charge < -0.3 is 4.98 Å². The van der Waals surface area contributed by atoms with Crippen LogP contribution in [-0.4, -0.2) is 14.6 Å². The molecule has 0 aliphatic carbocycles. The fourth-order valence-corrected chi connectivity index (χ4v) is 1.62. The zero-order valence-corrected chi connectivity index (χ0v) is 9.59. The minimum absolute atomic E-state index is 0.151. The van der Waals surface area contributed by atoms with E-state index in [0.717, 1.165) is 11.3 Å². The molecule has 0 aliphatic rings. The Morgan fingerprint density at radius 3 is 2.80 bits per heavy atom. The van der Waals surface area contributed by atoms with Gasteiger partial charge in [-0.25, -0.2) is 0 Å². The highest BCUT2D eigenvalue weighted by molar-refractivity contribution is 6.30. The second kappa shape index (κ2) is 3.38. The minimum Gasteiger partial charge on any atom is -0.343 e. The van der Waals surface area contributed by atoms with Crippen LogP contribution < -0.4 is 5.56 Å². The van der Waals surface area contributed by atoms with Crippen molar-refractivity contribution in [2.45, 2.75) is 26.7 Å². The monoisotopic (exact) mass is 225 g/mol. The molecule has 0 bridgehead atoms. The summed E-state index contributed by atoms with van der Waals surface area (Å²) in [6, 6.07) is 1.56. The van der Waals surface area contributed by atoms with Crippen molar-refractivity contribution in [1.82, 2.24) is 14.6 Å². The summed E-state index contributed by atoms with van der Waals surface area (Å²) in [5.74, 6) is 0.274. The number of fused-ring (bicyclic) bond motifs is 1. The molecule has 2 heterocycles. The molecule has 0 saturated heterocycles. The van der Waals surface area contributed by atoms with E-state index in [2.05, 4.69) is 10.1 Å². The first-order chi connectivity index (χ1) is 7.00. The second-order valence-electron chi connectivity index (χ2n) is 3.89. The molecule has 0 amide bonds. The predicted molar refractivity (Wildman–Crippen MR) is 59.6 cm³/mol. The lowest BCUT2D eigenvalue weighted by atomic mass is 10.1. The van der Waals surface area contributed by atoms with Crippen LogP contribution in [0.15, 0.2) is 10.9 Å². The number of hydrogen-bond donors (Lipinski definition) is 1. The molecule has 0 aromatic carbocycles. The van der Waals surface area contributed by atoms with Crippen molar-refractivity contribution in [3.05, 3.63) is 32.8 Å². The zero-order valence-electron chi connectivity index (χ0n) is 8.84. The van der Waals surface area contributed by atoms with Crippen molar-refractivity contribution in [1.29, 1.82) is 0 Å². The molecule has 2 aromatic rings. The summed E-state index contributed by atoms with van der Waals surface area (Å²) in [6.07, 6.45) is 0. The minimum atomic E-state index is -0.151. The van der Waals surface area contributed by atoms with Gasteiger partial charge in [-0.3, -0.25) is 4.79 Å². The Kier molecular flexibility index (Phi) is 2.31. The van der Waals surface area contributed by atoms with Crippen molar-refractivity contribution < 1.29 is 0 Å². The Labute approximate surface area is 91.9 Å². The summed E-state index contributed by atoms with van der Waals surface area (Å²) < 4.78 is 1.30. The maximum atomic E-state index is 11.7. The van der Waals surface area contributed by atoms with Crippen LogP contribution >= 0.6 is 11.6 Å². The quantitative estimate of drug-likeness (QED) is 0.808. The molecule has 0 aliphatic heterocycles. The van der Waals surface area contributed by atoms with Crippen molar-refractivity contribution >= 4 is 17.2 Å². The van der Waals surface area contributed by atoms with E-state index in [0.29, 0.717) is 10.8 Å². The number of H-pyrrole nitrogens is 1. The third kappa shape index (κ3) is 1.55. The number of nitrogens with one attached hydrogen (secondary N) is 1. The lowest BCUT2D eigenvalue weighted by molar-refractivity contribution is 0.796.